The zero-order valence-corrected chi connectivity index (χ0v) is 12.6. The number of benzene rings is 1. The Balaban J connectivity index is 1.52. The molecule has 0 bridgehead atoms. The average Bonchev–Trinajstić information content (AvgIpc) is 3.06. The van der Waals surface area contributed by atoms with Crippen molar-refractivity contribution >= 4 is 21.0 Å². The van der Waals surface area contributed by atoms with E-state index in [1.165, 1.54) is 0 Å². The van der Waals surface area contributed by atoms with Gasteiger partial charge in [0.15, 0.2) is 0 Å². The van der Waals surface area contributed by atoms with Crippen molar-refractivity contribution in [3.63, 3.8) is 0 Å². The van der Waals surface area contributed by atoms with Crippen molar-refractivity contribution in [2.24, 2.45) is 5.92 Å². The van der Waals surface area contributed by atoms with Crippen molar-refractivity contribution < 1.29 is 17.6 Å². The summed E-state index contributed by atoms with van der Waals surface area (Å²) < 4.78 is 37.4. The van der Waals surface area contributed by atoms with Gasteiger partial charge in [-0.3, -0.25) is 0 Å². The molecule has 0 amide bonds. The summed E-state index contributed by atoms with van der Waals surface area (Å²) in [5, 5.41) is 1.04. The van der Waals surface area contributed by atoms with Crippen LogP contribution in [0.5, 0.6) is 0 Å². The van der Waals surface area contributed by atoms with E-state index in [4.69, 9.17) is 9.15 Å². The molecule has 21 heavy (non-hydrogen) atoms. The Bertz CT molecular complexity index is 668. The molecule has 5 nitrogen and oxygen atoms in total. The summed E-state index contributed by atoms with van der Waals surface area (Å²) in [4.78, 5) is 0. The van der Waals surface area contributed by atoms with Crippen LogP contribution in [0.4, 0.5) is 0 Å². The fourth-order valence-corrected chi connectivity index (χ4v) is 3.99. The molecule has 1 unspecified atom stereocenters. The molecule has 114 valence electrons. The molecular weight excluding hydrogens is 290 g/mol. The molecule has 1 aromatic carbocycles. The lowest BCUT2D eigenvalue weighted by Gasteiger charge is -2.09. The highest BCUT2D eigenvalue weighted by Crippen LogP contribution is 2.19. The molecule has 1 saturated heterocycles. The summed E-state index contributed by atoms with van der Waals surface area (Å²) in [6, 6.07) is 9.71. The quantitative estimate of drug-likeness (QED) is 0.885. The van der Waals surface area contributed by atoms with Gasteiger partial charge < -0.3 is 9.15 Å². The number of sulfonamides is 1. The molecule has 1 aliphatic rings. The van der Waals surface area contributed by atoms with Crippen molar-refractivity contribution in [1.82, 2.24) is 4.72 Å². The minimum absolute atomic E-state index is 0.119. The van der Waals surface area contributed by atoms with Gasteiger partial charge in [-0.25, -0.2) is 13.1 Å². The van der Waals surface area contributed by atoms with Gasteiger partial charge in [0.1, 0.15) is 11.3 Å². The monoisotopic (exact) mass is 309 g/mol. The molecule has 0 aliphatic carbocycles. The van der Waals surface area contributed by atoms with Crippen molar-refractivity contribution in [1.29, 1.82) is 0 Å². The number of rotatable bonds is 6. The molecule has 1 N–H and O–H groups in total. The van der Waals surface area contributed by atoms with E-state index in [1.807, 2.05) is 30.3 Å². The molecule has 1 fully saturated rings. The highest BCUT2D eigenvalue weighted by atomic mass is 32.2. The number of fused-ring (bicyclic) bond motifs is 1. The zero-order valence-electron chi connectivity index (χ0n) is 11.7. The lowest BCUT2D eigenvalue weighted by molar-refractivity contribution is 0.188. The van der Waals surface area contributed by atoms with E-state index in [1.54, 1.807) is 0 Å². The van der Waals surface area contributed by atoms with Crippen LogP contribution in [-0.4, -0.2) is 33.9 Å². The molecule has 0 saturated carbocycles. The third-order valence-corrected chi connectivity index (χ3v) is 5.20. The van der Waals surface area contributed by atoms with Crippen LogP contribution >= 0.6 is 0 Å². The molecule has 0 radical (unpaired) electrons. The Morgan fingerprint density at radius 1 is 1.29 bits per heavy atom. The lowest BCUT2D eigenvalue weighted by Crippen LogP contribution is -2.31. The molecule has 1 atom stereocenters. The van der Waals surface area contributed by atoms with Gasteiger partial charge in [0.05, 0.1) is 12.4 Å². The van der Waals surface area contributed by atoms with E-state index in [-0.39, 0.29) is 11.7 Å². The van der Waals surface area contributed by atoms with Crippen LogP contribution in [0, 0.1) is 5.92 Å². The van der Waals surface area contributed by atoms with Crippen molar-refractivity contribution in [3.05, 3.63) is 36.1 Å². The Labute approximate surface area is 124 Å². The molecule has 3 rings (SSSR count). The number of hydrogen-bond donors (Lipinski definition) is 1. The summed E-state index contributed by atoms with van der Waals surface area (Å²) in [5.41, 5.74) is 0.832. The number of hydrogen-bond acceptors (Lipinski definition) is 4. The second kappa shape index (κ2) is 6.17. The van der Waals surface area contributed by atoms with Crippen LogP contribution in [0.1, 0.15) is 12.2 Å². The first kappa shape index (κ1) is 14.6. The topological polar surface area (TPSA) is 68.5 Å². The van der Waals surface area contributed by atoms with Gasteiger partial charge in [-0.2, -0.15) is 0 Å². The fourth-order valence-electron chi connectivity index (χ4n) is 2.57. The van der Waals surface area contributed by atoms with Gasteiger partial charge in [0.25, 0.3) is 0 Å². The number of para-hydroxylation sites is 1. The maximum Gasteiger partial charge on any atom is 0.211 e. The summed E-state index contributed by atoms with van der Waals surface area (Å²) in [7, 11) is -3.24. The van der Waals surface area contributed by atoms with Gasteiger partial charge in [0.2, 0.25) is 10.0 Å². The van der Waals surface area contributed by atoms with Gasteiger partial charge in [-0.15, -0.1) is 0 Å². The number of ether oxygens (including phenoxy) is 1. The van der Waals surface area contributed by atoms with E-state index in [2.05, 4.69) is 4.72 Å². The maximum atomic E-state index is 12.0. The zero-order chi connectivity index (χ0) is 14.7. The maximum absolute atomic E-state index is 12.0. The Morgan fingerprint density at radius 3 is 2.90 bits per heavy atom. The highest BCUT2D eigenvalue weighted by molar-refractivity contribution is 7.89. The first-order valence-electron chi connectivity index (χ1n) is 7.15. The number of nitrogens with one attached hydrogen (secondary N) is 1. The number of furan rings is 1. The SMILES string of the molecule is O=S(=O)(CC1CCOC1)NCCc1cc2ccccc2o1. The third-order valence-electron chi connectivity index (χ3n) is 3.65. The summed E-state index contributed by atoms with van der Waals surface area (Å²) in [5.74, 6) is 1.06. The first-order chi connectivity index (χ1) is 10.1. The van der Waals surface area contributed by atoms with Crippen molar-refractivity contribution in [2.75, 3.05) is 25.5 Å². The summed E-state index contributed by atoms with van der Waals surface area (Å²) in [6.07, 6.45) is 1.37. The smallest absolute Gasteiger partial charge is 0.211 e. The van der Waals surface area contributed by atoms with Gasteiger partial charge >= 0.3 is 0 Å². The van der Waals surface area contributed by atoms with Crippen LogP contribution in [0.3, 0.4) is 0 Å². The Hall–Kier alpha value is -1.37. The molecule has 6 heteroatoms. The van der Waals surface area contributed by atoms with Gasteiger partial charge in [-0.1, -0.05) is 18.2 Å². The Morgan fingerprint density at radius 2 is 2.14 bits per heavy atom. The standard InChI is InChI=1S/C15H19NO4S/c17-21(18,11-12-6-8-19-10-12)16-7-5-14-9-13-3-1-2-4-15(13)20-14/h1-4,9,12,16H,5-8,10-11H2. The van der Waals surface area contributed by atoms with Crippen LogP contribution in [0.25, 0.3) is 11.0 Å². The van der Waals surface area contributed by atoms with Crippen molar-refractivity contribution in [3.8, 4) is 0 Å². The summed E-state index contributed by atoms with van der Waals surface area (Å²) >= 11 is 0. The molecular formula is C15H19NO4S. The minimum Gasteiger partial charge on any atom is -0.461 e. The third kappa shape index (κ3) is 3.84. The van der Waals surface area contributed by atoms with E-state index >= 15 is 0 Å². The van der Waals surface area contributed by atoms with E-state index in [0.29, 0.717) is 26.2 Å². The molecule has 1 aliphatic heterocycles. The molecule has 2 heterocycles. The van der Waals surface area contributed by atoms with E-state index in [0.717, 1.165) is 23.2 Å². The predicted molar refractivity (Wildman–Crippen MR) is 80.6 cm³/mol. The first-order valence-corrected chi connectivity index (χ1v) is 8.80. The van der Waals surface area contributed by atoms with E-state index in [9.17, 15) is 8.42 Å². The van der Waals surface area contributed by atoms with Crippen LogP contribution in [-0.2, 0) is 21.2 Å². The molecule has 1 aromatic heterocycles. The second-order valence-electron chi connectivity index (χ2n) is 5.41. The highest BCUT2D eigenvalue weighted by Gasteiger charge is 2.22. The van der Waals surface area contributed by atoms with E-state index < -0.39 is 10.0 Å². The molecule has 0 spiro atoms. The van der Waals surface area contributed by atoms with Crippen LogP contribution in [0.15, 0.2) is 34.7 Å². The fraction of sp³-hybridized carbons (Fsp3) is 0.467. The lowest BCUT2D eigenvalue weighted by atomic mass is 10.2. The predicted octanol–water partition coefficient (Wildman–Crippen LogP) is 1.93. The normalized spacial score (nSPS) is 19.3. The van der Waals surface area contributed by atoms with Gasteiger partial charge in [-0.05, 0) is 24.5 Å². The Kier molecular flexibility index (Phi) is 4.28. The van der Waals surface area contributed by atoms with Crippen LogP contribution < -0.4 is 4.72 Å². The molecule has 2 aromatic rings. The largest absolute Gasteiger partial charge is 0.461 e. The van der Waals surface area contributed by atoms with Gasteiger partial charge in [0, 0.05) is 25.0 Å². The average molecular weight is 309 g/mol. The van der Waals surface area contributed by atoms with Crippen molar-refractivity contribution in [2.45, 2.75) is 12.8 Å². The second-order valence-corrected chi connectivity index (χ2v) is 7.26. The minimum atomic E-state index is -3.24. The van der Waals surface area contributed by atoms with Crippen LogP contribution in [0.2, 0.25) is 0 Å². The summed E-state index contributed by atoms with van der Waals surface area (Å²) in [6.45, 7) is 1.57.